The molecule has 0 unspecified atom stereocenters. The smallest absolute Gasteiger partial charge is 0.313 e. The van der Waals surface area contributed by atoms with Crippen LogP contribution >= 0.6 is 0 Å². The standard InChI is InChI=1S/C7H8N2O2.C7H10N2/c1-11-7(10)5-6-8-3-2-4-9-6;1-9(2)7-4-3-5-8-6-7/h2-4H,5H2,1H3;3-6H,1-2H3. The quantitative estimate of drug-likeness (QED) is 0.787. The highest BCUT2D eigenvalue weighted by Gasteiger charge is 2.02. The highest BCUT2D eigenvalue weighted by Crippen LogP contribution is 2.05. The molecule has 0 spiro atoms. The molecule has 0 aromatic carbocycles. The second kappa shape index (κ2) is 8.58. The van der Waals surface area contributed by atoms with Crippen molar-refractivity contribution in [3.63, 3.8) is 0 Å². The summed E-state index contributed by atoms with van der Waals surface area (Å²) in [6.07, 6.45) is 6.92. The van der Waals surface area contributed by atoms with E-state index in [0.29, 0.717) is 5.82 Å². The lowest BCUT2D eigenvalue weighted by Crippen LogP contribution is -2.08. The molecule has 0 aliphatic rings. The monoisotopic (exact) mass is 274 g/mol. The molecule has 2 aromatic rings. The van der Waals surface area contributed by atoms with Crippen LogP contribution in [0.1, 0.15) is 5.82 Å². The molecule has 0 saturated heterocycles. The zero-order chi connectivity index (χ0) is 14.8. The highest BCUT2D eigenvalue weighted by molar-refractivity contribution is 5.71. The second-order valence-corrected chi connectivity index (χ2v) is 4.02. The van der Waals surface area contributed by atoms with E-state index in [2.05, 4.69) is 19.7 Å². The summed E-state index contributed by atoms with van der Waals surface area (Å²) >= 11 is 0. The minimum Gasteiger partial charge on any atom is -0.469 e. The van der Waals surface area contributed by atoms with Crippen molar-refractivity contribution >= 4 is 11.7 Å². The molecular formula is C14H18N4O2. The molecule has 6 nitrogen and oxygen atoms in total. The van der Waals surface area contributed by atoms with Gasteiger partial charge < -0.3 is 9.64 Å². The maximum absolute atomic E-state index is 10.7. The fourth-order valence-electron chi connectivity index (χ4n) is 1.24. The normalized spacial score (nSPS) is 9.15. The lowest BCUT2D eigenvalue weighted by molar-refractivity contribution is -0.139. The number of ether oxygens (including phenoxy) is 1. The summed E-state index contributed by atoms with van der Waals surface area (Å²) in [5.74, 6) is 0.163. The van der Waals surface area contributed by atoms with Crippen molar-refractivity contribution in [2.45, 2.75) is 6.42 Å². The van der Waals surface area contributed by atoms with Crippen LogP contribution in [-0.4, -0.2) is 42.1 Å². The number of methoxy groups -OCH3 is 1. The topological polar surface area (TPSA) is 68.2 Å². The van der Waals surface area contributed by atoms with Crippen LogP contribution in [0.4, 0.5) is 5.69 Å². The maximum Gasteiger partial charge on any atom is 0.313 e. The Kier molecular flexibility index (Phi) is 6.67. The number of carbonyl (C=O) groups is 1. The lowest BCUT2D eigenvalue weighted by atomic mass is 10.4. The van der Waals surface area contributed by atoms with E-state index in [1.165, 1.54) is 7.11 Å². The van der Waals surface area contributed by atoms with E-state index in [1.54, 1.807) is 24.7 Å². The van der Waals surface area contributed by atoms with Crippen LogP contribution in [0.5, 0.6) is 0 Å². The number of nitrogens with zero attached hydrogens (tertiary/aromatic N) is 4. The third-order valence-electron chi connectivity index (χ3n) is 2.31. The van der Waals surface area contributed by atoms with Gasteiger partial charge in [0.15, 0.2) is 0 Å². The number of aromatic nitrogens is 3. The van der Waals surface area contributed by atoms with Crippen LogP contribution in [0.15, 0.2) is 43.0 Å². The summed E-state index contributed by atoms with van der Waals surface area (Å²) in [7, 11) is 5.33. The molecule has 0 radical (unpaired) electrons. The molecule has 0 atom stereocenters. The number of carbonyl (C=O) groups excluding carboxylic acids is 1. The predicted octanol–water partition coefficient (Wildman–Crippen LogP) is 1.34. The number of esters is 1. The van der Waals surface area contributed by atoms with Crippen molar-refractivity contribution in [3.05, 3.63) is 48.8 Å². The van der Waals surface area contributed by atoms with Gasteiger partial charge in [-0.05, 0) is 18.2 Å². The molecule has 106 valence electrons. The summed E-state index contributed by atoms with van der Waals surface area (Å²) in [5, 5.41) is 0. The summed E-state index contributed by atoms with van der Waals surface area (Å²) in [6.45, 7) is 0. The van der Waals surface area contributed by atoms with E-state index in [0.717, 1.165) is 5.69 Å². The van der Waals surface area contributed by atoms with Gasteiger partial charge in [-0.25, -0.2) is 9.97 Å². The molecule has 0 aliphatic carbocycles. The molecule has 20 heavy (non-hydrogen) atoms. The van der Waals surface area contributed by atoms with Gasteiger partial charge in [0.25, 0.3) is 0 Å². The Morgan fingerprint density at radius 3 is 2.35 bits per heavy atom. The Labute approximate surface area is 118 Å². The van der Waals surface area contributed by atoms with E-state index in [1.807, 2.05) is 37.3 Å². The largest absolute Gasteiger partial charge is 0.469 e. The molecule has 0 fully saturated rings. The zero-order valence-electron chi connectivity index (χ0n) is 11.9. The molecule has 0 aliphatic heterocycles. The summed E-state index contributed by atoms with van der Waals surface area (Å²) in [4.78, 5) is 24.4. The van der Waals surface area contributed by atoms with Gasteiger partial charge in [0, 0.05) is 32.7 Å². The minimum absolute atomic E-state index is 0.136. The first kappa shape index (κ1) is 15.6. The second-order valence-electron chi connectivity index (χ2n) is 4.02. The van der Waals surface area contributed by atoms with Crippen LogP contribution in [0, 0.1) is 0 Å². The summed E-state index contributed by atoms with van der Waals surface area (Å²) < 4.78 is 4.44. The SMILES string of the molecule is CN(C)c1cccnc1.COC(=O)Cc1ncccn1. The molecule has 2 heterocycles. The number of rotatable bonds is 3. The first-order chi connectivity index (χ1) is 9.63. The van der Waals surface area contributed by atoms with Crippen molar-refractivity contribution in [1.29, 1.82) is 0 Å². The van der Waals surface area contributed by atoms with E-state index in [-0.39, 0.29) is 12.4 Å². The van der Waals surface area contributed by atoms with Crippen LogP contribution < -0.4 is 4.90 Å². The van der Waals surface area contributed by atoms with Crippen molar-refractivity contribution in [1.82, 2.24) is 15.0 Å². The lowest BCUT2D eigenvalue weighted by Gasteiger charge is -2.09. The fourth-order valence-corrected chi connectivity index (χ4v) is 1.24. The first-order valence-electron chi connectivity index (χ1n) is 6.03. The molecule has 0 bridgehead atoms. The fraction of sp³-hybridized carbons (Fsp3) is 0.286. The van der Waals surface area contributed by atoms with Gasteiger partial charge in [0.2, 0.25) is 0 Å². The molecule has 0 saturated carbocycles. The summed E-state index contributed by atoms with van der Waals surface area (Å²) in [5.41, 5.74) is 1.14. The Hall–Kier alpha value is -2.50. The third-order valence-corrected chi connectivity index (χ3v) is 2.31. The molecule has 2 rings (SSSR count). The molecule has 0 N–H and O–H groups in total. The van der Waals surface area contributed by atoms with Crippen LogP contribution in [-0.2, 0) is 16.0 Å². The highest BCUT2D eigenvalue weighted by atomic mass is 16.5. The van der Waals surface area contributed by atoms with Crippen molar-refractivity contribution in [2.24, 2.45) is 0 Å². The van der Waals surface area contributed by atoms with Gasteiger partial charge in [-0.2, -0.15) is 0 Å². The van der Waals surface area contributed by atoms with Crippen molar-refractivity contribution in [3.8, 4) is 0 Å². The average molecular weight is 274 g/mol. The van der Waals surface area contributed by atoms with E-state index < -0.39 is 0 Å². The predicted molar refractivity (Wildman–Crippen MR) is 76.3 cm³/mol. The number of pyridine rings is 1. The number of hydrogen-bond donors (Lipinski definition) is 0. The average Bonchev–Trinajstić information content (AvgIpc) is 2.49. The Morgan fingerprint density at radius 2 is 1.90 bits per heavy atom. The van der Waals surface area contributed by atoms with E-state index in [4.69, 9.17) is 0 Å². The molecule has 0 amide bonds. The van der Waals surface area contributed by atoms with E-state index >= 15 is 0 Å². The van der Waals surface area contributed by atoms with Gasteiger partial charge in [-0.3, -0.25) is 9.78 Å². The van der Waals surface area contributed by atoms with Gasteiger partial charge in [0.1, 0.15) is 12.2 Å². The van der Waals surface area contributed by atoms with Crippen molar-refractivity contribution < 1.29 is 9.53 Å². The molecule has 2 aromatic heterocycles. The van der Waals surface area contributed by atoms with E-state index in [9.17, 15) is 4.79 Å². The van der Waals surface area contributed by atoms with Gasteiger partial charge >= 0.3 is 5.97 Å². The summed E-state index contributed by atoms with van der Waals surface area (Å²) in [6, 6.07) is 5.64. The maximum atomic E-state index is 10.7. The Balaban J connectivity index is 0.000000204. The minimum atomic E-state index is -0.323. The zero-order valence-corrected chi connectivity index (χ0v) is 11.9. The van der Waals surface area contributed by atoms with Crippen molar-refractivity contribution in [2.75, 3.05) is 26.1 Å². The number of anilines is 1. The van der Waals surface area contributed by atoms with Gasteiger partial charge in [-0.1, -0.05) is 0 Å². The molecule has 6 heteroatoms. The van der Waals surface area contributed by atoms with Crippen LogP contribution in [0.2, 0.25) is 0 Å². The first-order valence-corrected chi connectivity index (χ1v) is 6.03. The van der Waals surface area contributed by atoms with Crippen LogP contribution in [0.25, 0.3) is 0 Å². The third kappa shape index (κ3) is 5.90. The van der Waals surface area contributed by atoms with Crippen LogP contribution in [0.3, 0.4) is 0 Å². The van der Waals surface area contributed by atoms with Gasteiger partial charge in [-0.15, -0.1) is 0 Å². The number of hydrogen-bond acceptors (Lipinski definition) is 6. The Morgan fingerprint density at radius 1 is 1.20 bits per heavy atom. The molecular weight excluding hydrogens is 256 g/mol. The Bertz CT molecular complexity index is 503. The van der Waals surface area contributed by atoms with Gasteiger partial charge in [0.05, 0.1) is 19.0 Å².